The van der Waals surface area contributed by atoms with Crippen LogP contribution in [-0.4, -0.2) is 42.1 Å². The highest BCUT2D eigenvalue weighted by Crippen LogP contribution is 2.34. The molecule has 1 fully saturated rings. The Bertz CT molecular complexity index is 1190. The molecule has 1 aliphatic heterocycles. The van der Waals surface area contributed by atoms with Crippen molar-refractivity contribution in [3.63, 3.8) is 0 Å². The molecule has 1 aromatic carbocycles. The molecule has 30 heavy (non-hydrogen) atoms. The number of carboxylic acid groups (broad SMARTS) is 1. The van der Waals surface area contributed by atoms with Gasteiger partial charge in [-0.05, 0) is 48.9 Å². The standard InChI is InChI=1S/C21H16ClN3O3S2/c22-14-8-6-13(7-9-14)19-23-15(16-4-1-2-10-24(16)19)12-17-20(28)25(21(29)30-17)11-3-5-18(26)27/h1-2,4,6-10,12H,3,5,11H2,(H,26,27)/b17-12-. The van der Waals surface area contributed by atoms with E-state index in [0.717, 1.165) is 16.9 Å². The monoisotopic (exact) mass is 457 g/mol. The minimum atomic E-state index is -0.893. The molecule has 0 bridgehead atoms. The lowest BCUT2D eigenvalue weighted by Gasteiger charge is -2.13. The number of aromatic nitrogens is 2. The van der Waals surface area contributed by atoms with Crippen LogP contribution in [0, 0.1) is 0 Å². The highest BCUT2D eigenvalue weighted by molar-refractivity contribution is 8.26. The molecule has 1 saturated heterocycles. The maximum absolute atomic E-state index is 12.8. The van der Waals surface area contributed by atoms with Gasteiger partial charge in [-0.1, -0.05) is 41.6 Å². The number of halogens is 1. The zero-order chi connectivity index (χ0) is 21.3. The molecule has 9 heteroatoms. The second kappa shape index (κ2) is 8.59. The molecular formula is C21H16ClN3O3S2. The van der Waals surface area contributed by atoms with Crippen molar-refractivity contribution in [1.29, 1.82) is 0 Å². The van der Waals surface area contributed by atoms with Crippen LogP contribution in [0.25, 0.3) is 23.0 Å². The first-order valence-corrected chi connectivity index (χ1v) is 10.7. The van der Waals surface area contributed by atoms with Crippen LogP contribution >= 0.6 is 35.6 Å². The summed E-state index contributed by atoms with van der Waals surface area (Å²) < 4.78 is 2.39. The third-order valence-corrected chi connectivity index (χ3v) is 6.22. The Balaban J connectivity index is 1.68. The predicted molar refractivity (Wildman–Crippen MR) is 122 cm³/mol. The van der Waals surface area contributed by atoms with Crippen LogP contribution in [-0.2, 0) is 9.59 Å². The molecule has 4 rings (SSSR count). The molecule has 3 aromatic rings. The normalized spacial score (nSPS) is 15.5. The molecule has 0 saturated carbocycles. The van der Waals surface area contributed by atoms with Crippen LogP contribution in [0.2, 0.25) is 5.02 Å². The summed E-state index contributed by atoms with van der Waals surface area (Å²) in [6.45, 7) is 0.286. The summed E-state index contributed by atoms with van der Waals surface area (Å²) in [6.07, 6.45) is 4.00. The summed E-state index contributed by atoms with van der Waals surface area (Å²) in [5.41, 5.74) is 2.42. The van der Waals surface area contributed by atoms with E-state index in [2.05, 4.69) is 0 Å². The average Bonchev–Trinajstić information content (AvgIpc) is 3.21. The van der Waals surface area contributed by atoms with Crippen molar-refractivity contribution in [2.75, 3.05) is 6.54 Å². The van der Waals surface area contributed by atoms with E-state index in [1.54, 1.807) is 6.08 Å². The minimum absolute atomic E-state index is 0.00769. The predicted octanol–water partition coefficient (Wildman–Crippen LogP) is 4.72. The van der Waals surface area contributed by atoms with E-state index in [9.17, 15) is 9.59 Å². The molecule has 0 spiro atoms. The van der Waals surface area contributed by atoms with E-state index >= 15 is 0 Å². The van der Waals surface area contributed by atoms with Gasteiger partial charge >= 0.3 is 5.97 Å². The Morgan fingerprint density at radius 3 is 2.73 bits per heavy atom. The van der Waals surface area contributed by atoms with Gasteiger partial charge in [-0.15, -0.1) is 0 Å². The topological polar surface area (TPSA) is 74.9 Å². The molecule has 0 aliphatic carbocycles. The Kier molecular flexibility index (Phi) is 5.90. The van der Waals surface area contributed by atoms with E-state index < -0.39 is 5.97 Å². The van der Waals surface area contributed by atoms with Crippen LogP contribution in [0.4, 0.5) is 0 Å². The SMILES string of the molecule is O=C(O)CCCN1C(=O)/C(=C/c2nc(-c3ccc(Cl)cc3)n3ccccc23)SC1=S. The van der Waals surface area contributed by atoms with E-state index in [1.165, 1.54) is 16.7 Å². The fourth-order valence-electron chi connectivity index (χ4n) is 3.18. The number of aliphatic carboxylic acids is 1. The molecule has 1 amide bonds. The van der Waals surface area contributed by atoms with Gasteiger partial charge in [0.15, 0.2) is 0 Å². The smallest absolute Gasteiger partial charge is 0.303 e. The molecule has 0 radical (unpaired) electrons. The highest BCUT2D eigenvalue weighted by Gasteiger charge is 2.32. The summed E-state index contributed by atoms with van der Waals surface area (Å²) in [4.78, 5) is 30.2. The molecule has 0 atom stereocenters. The van der Waals surface area contributed by atoms with Gasteiger partial charge in [0.1, 0.15) is 10.1 Å². The number of carbonyl (C=O) groups is 2. The van der Waals surface area contributed by atoms with Crippen LogP contribution in [0.3, 0.4) is 0 Å². The molecule has 3 heterocycles. The number of carbonyl (C=O) groups excluding carboxylic acids is 1. The van der Waals surface area contributed by atoms with E-state index in [1.807, 2.05) is 53.1 Å². The lowest BCUT2D eigenvalue weighted by atomic mass is 10.2. The second-order valence-electron chi connectivity index (χ2n) is 6.61. The van der Waals surface area contributed by atoms with Crippen molar-refractivity contribution in [2.45, 2.75) is 12.8 Å². The van der Waals surface area contributed by atoms with Crippen molar-refractivity contribution in [3.05, 3.63) is 64.3 Å². The van der Waals surface area contributed by atoms with Crippen LogP contribution in [0.5, 0.6) is 0 Å². The van der Waals surface area contributed by atoms with Crippen molar-refractivity contribution >= 4 is 63.4 Å². The number of fused-ring (bicyclic) bond motifs is 1. The fraction of sp³-hybridized carbons (Fsp3) is 0.143. The van der Waals surface area contributed by atoms with Crippen molar-refractivity contribution in [3.8, 4) is 11.4 Å². The second-order valence-corrected chi connectivity index (χ2v) is 8.73. The first-order valence-electron chi connectivity index (χ1n) is 9.14. The molecule has 1 N–H and O–H groups in total. The first-order chi connectivity index (χ1) is 14.4. The number of amides is 1. The number of imidazole rings is 1. The van der Waals surface area contributed by atoms with Gasteiger partial charge in [0.05, 0.1) is 16.1 Å². The third-order valence-electron chi connectivity index (χ3n) is 4.59. The zero-order valence-electron chi connectivity index (χ0n) is 15.6. The molecule has 2 aromatic heterocycles. The van der Waals surface area contributed by atoms with E-state index in [4.69, 9.17) is 33.9 Å². The minimum Gasteiger partial charge on any atom is -0.481 e. The lowest BCUT2D eigenvalue weighted by Crippen LogP contribution is -2.29. The van der Waals surface area contributed by atoms with Gasteiger partial charge < -0.3 is 5.11 Å². The number of hydrogen-bond acceptors (Lipinski definition) is 5. The quantitative estimate of drug-likeness (QED) is 0.426. The van der Waals surface area contributed by atoms with Gasteiger partial charge in [-0.2, -0.15) is 0 Å². The molecule has 6 nitrogen and oxygen atoms in total. The lowest BCUT2D eigenvalue weighted by molar-refractivity contribution is -0.137. The van der Waals surface area contributed by atoms with Gasteiger partial charge in [0.25, 0.3) is 5.91 Å². The zero-order valence-corrected chi connectivity index (χ0v) is 18.0. The van der Waals surface area contributed by atoms with Gasteiger partial charge in [0, 0.05) is 29.7 Å². The number of thioether (sulfide) groups is 1. The Morgan fingerprint density at radius 2 is 2.00 bits per heavy atom. The van der Waals surface area contributed by atoms with Gasteiger partial charge in [-0.3, -0.25) is 18.9 Å². The van der Waals surface area contributed by atoms with Crippen molar-refractivity contribution in [1.82, 2.24) is 14.3 Å². The molecule has 152 valence electrons. The van der Waals surface area contributed by atoms with Crippen molar-refractivity contribution in [2.24, 2.45) is 0 Å². The number of carboxylic acids is 1. The number of pyridine rings is 1. The van der Waals surface area contributed by atoms with E-state index in [-0.39, 0.29) is 18.9 Å². The highest BCUT2D eigenvalue weighted by atomic mass is 35.5. The largest absolute Gasteiger partial charge is 0.481 e. The summed E-state index contributed by atoms with van der Waals surface area (Å²) >= 11 is 12.5. The molecule has 1 aliphatic rings. The average molecular weight is 458 g/mol. The van der Waals surface area contributed by atoms with Crippen LogP contribution < -0.4 is 0 Å². The maximum atomic E-state index is 12.8. The Morgan fingerprint density at radius 1 is 1.23 bits per heavy atom. The van der Waals surface area contributed by atoms with Gasteiger partial charge in [0.2, 0.25) is 0 Å². The number of hydrogen-bond donors (Lipinski definition) is 1. The number of thiocarbonyl (C=S) groups is 1. The first kappa shape index (κ1) is 20.6. The summed E-state index contributed by atoms with van der Waals surface area (Å²) in [6, 6.07) is 13.2. The Labute approximate surface area is 187 Å². The molecular weight excluding hydrogens is 442 g/mol. The Hall–Kier alpha value is -2.68. The van der Waals surface area contributed by atoms with Crippen molar-refractivity contribution < 1.29 is 14.7 Å². The van der Waals surface area contributed by atoms with Gasteiger partial charge in [-0.25, -0.2) is 4.98 Å². The summed E-state index contributed by atoms with van der Waals surface area (Å²) in [5.74, 6) is -0.374. The van der Waals surface area contributed by atoms with Crippen LogP contribution in [0.1, 0.15) is 18.5 Å². The molecule has 0 unspecified atom stereocenters. The maximum Gasteiger partial charge on any atom is 0.303 e. The number of nitrogens with zero attached hydrogens (tertiary/aromatic N) is 3. The summed E-state index contributed by atoms with van der Waals surface area (Å²) in [7, 11) is 0. The van der Waals surface area contributed by atoms with E-state index in [0.29, 0.717) is 26.4 Å². The number of rotatable bonds is 6. The number of benzene rings is 1. The summed E-state index contributed by atoms with van der Waals surface area (Å²) in [5, 5.41) is 9.45. The fourth-order valence-corrected chi connectivity index (χ4v) is 4.59. The van der Waals surface area contributed by atoms with Crippen LogP contribution in [0.15, 0.2) is 53.6 Å². The third kappa shape index (κ3) is 4.12.